The number of allylic oxidation sites excluding steroid dienone is 1. The van der Waals surface area contributed by atoms with Gasteiger partial charge in [-0.25, -0.2) is 0 Å². The summed E-state index contributed by atoms with van der Waals surface area (Å²) < 4.78 is 0. The van der Waals surface area contributed by atoms with Gasteiger partial charge in [0.05, 0.1) is 12.6 Å². The summed E-state index contributed by atoms with van der Waals surface area (Å²) in [7, 11) is 0. The van der Waals surface area contributed by atoms with Crippen LogP contribution in [0.15, 0.2) is 11.6 Å². The van der Waals surface area contributed by atoms with Gasteiger partial charge in [0.1, 0.15) is 5.60 Å². The Kier molecular flexibility index (Phi) is 8.62. The lowest BCUT2D eigenvalue weighted by molar-refractivity contribution is -0.0970. The van der Waals surface area contributed by atoms with Gasteiger partial charge in [-0.1, -0.05) is 37.3 Å². The minimum Gasteiger partial charge on any atom is -0.393 e. The maximum absolute atomic E-state index is 11.7. The summed E-state index contributed by atoms with van der Waals surface area (Å²) >= 11 is 11.8. The molecule has 0 bridgehead atoms. The van der Waals surface area contributed by atoms with Crippen molar-refractivity contribution in [3.8, 4) is 11.8 Å². The van der Waals surface area contributed by atoms with E-state index in [9.17, 15) is 10.2 Å². The number of fused-ring (bicyclic) bond motifs is 5. The Balaban J connectivity index is 0.00000289. The first-order valence-corrected chi connectivity index (χ1v) is 13.3. The molecule has 0 heterocycles. The van der Waals surface area contributed by atoms with Crippen LogP contribution in [-0.4, -0.2) is 58.2 Å². The lowest BCUT2D eigenvalue weighted by Gasteiger charge is -2.58. The topological polar surface area (TPSA) is 43.7 Å². The molecule has 0 aromatic rings. The Bertz CT molecular complexity index is 758. The predicted molar refractivity (Wildman–Crippen MR) is 136 cm³/mol. The highest BCUT2D eigenvalue weighted by Crippen LogP contribution is 2.67. The molecule has 0 amide bonds. The molecule has 0 aromatic carbocycles. The summed E-state index contributed by atoms with van der Waals surface area (Å²) in [5.74, 6) is 9.60. The molecule has 2 N–H and O–H groups in total. The van der Waals surface area contributed by atoms with Crippen LogP contribution < -0.4 is 0 Å². The molecule has 4 aliphatic carbocycles. The van der Waals surface area contributed by atoms with Gasteiger partial charge >= 0.3 is 0 Å². The Morgan fingerprint density at radius 2 is 1.75 bits per heavy atom. The molecule has 0 saturated heterocycles. The SMILES string of the molecule is C[C@]12CC[C@H](O)CC1=CC[C@@H]1[C@@H]2CC[C@@]2(C)[C@H]1CC[C@@]2(O)C#CCN(CCCl)CCCl.Cl. The van der Waals surface area contributed by atoms with E-state index in [1.165, 1.54) is 5.57 Å². The molecule has 0 aromatic heterocycles. The third-order valence-corrected chi connectivity index (χ3v) is 9.97. The molecule has 4 aliphatic rings. The summed E-state index contributed by atoms with van der Waals surface area (Å²) in [6, 6.07) is 0. The fraction of sp³-hybridized carbons (Fsp3) is 0.846. The van der Waals surface area contributed by atoms with Gasteiger partial charge < -0.3 is 10.2 Å². The number of halogens is 3. The van der Waals surface area contributed by atoms with Gasteiger partial charge in [-0.2, -0.15) is 0 Å². The summed E-state index contributed by atoms with van der Waals surface area (Å²) in [5, 5.41) is 21.9. The first-order valence-electron chi connectivity index (χ1n) is 12.2. The Morgan fingerprint density at radius 3 is 2.44 bits per heavy atom. The molecule has 7 atom stereocenters. The zero-order valence-electron chi connectivity index (χ0n) is 19.6. The van der Waals surface area contributed by atoms with Crippen molar-refractivity contribution in [2.45, 2.75) is 76.9 Å². The standard InChI is InChI=1S/C26H39Cl2NO2.ClH/c1-24-10-6-20(30)18-19(24)4-5-21-22(24)7-11-25(2)23(21)8-12-26(25,31)9-3-15-29(16-13-27)17-14-28;/h4,20-23,30-31H,5-8,10-18H2,1-2H3;1H/t20-,21+,22-,23-,24-,25-,26-;/m0./s1. The Morgan fingerprint density at radius 1 is 1.06 bits per heavy atom. The molecule has 6 heteroatoms. The normalized spacial score (nSPS) is 42.7. The molecule has 3 nitrogen and oxygen atoms in total. The van der Waals surface area contributed by atoms with Crippen LogP contribution in [0.1, 0.15) is 65.2 Å². The zero-order chi connectivity index (χ0) is 22.3. The average molecular weight is 505 g/mol. The van der Waals surface area contributed by atoms with Crippen LogP contribution in [0.2, 0.25) is 0 Å². The summed E-state index contributed by atoms with van der Waals surface area (Å²) in [6.07, 6.45) is 10.3. The number of aliphatic hydroxyl groups is 2. The highest BCUT2D eigenvalue weighted by molar-refractivity contribution is 6.18. The van der Waals surface area contributed by atoms with E-state index in [-0.39, 0.29) is 29.3 Å². The number of hydrogen-bond donors (Lipinski definition) is 2. The van der Waals surface area contributed by atoms with Crippen LogP contribution in [0.3, 0.4) is 0 Å². The lowest BCUT2D eigenvalue weighted by Crippen LogP contribution is -2.54. The Labute approximate surface area is 210 Å². The van der Waals surface area contributed by atoms with Crippen molar-refractivity contribution in [2.75, 3.05) is 31.4 Å². The quantitative estimate of drug-likeness (QED) is 0.305. The minimum absolute atomic E-state index is 0. The summed E-state index contributed by atoms with van der Waals surface area (Å²) in [6.45, 7) is 6.91. The van der Waals surface area contributed by atoms with Crippen LogP contribution in [0.25, 0.3) is 0 Å². The van der Waals surface area contributed by atoms with Gasteiger partial charge in [-0.05, 0) is 74.5 Å². The second-order valence-corrected chi connectivity index (χ2v) is 11.7. The van der Waals surface area contributed by atoms with Crippen molar-refractivity contribution in [3.63, 3.8) is 0 Å². The first kappa shape index (κ1) is 26.7. The van der Waals surface area contributed by atoms with Gasteiger partial charge in [0.15, 0.2) is 0 Å². The van der Waals surface area contributed by atoms with Gasteiger partial charge in [0, 0.05) is 30.3 Å². The highest BCUT2D eigenvalue weighted by atomic mass is 35.5. The van der Waals surface area contributed by atoms with E-state index in [0.717, 1.165) is 64.5 Å². The predicted octanol–water partition coefficient (Wildman–Crippen LogP) is 5.25. The monoisotopic (exact) mass is 503 g/mol. The molecule has 0 radical (unpaired) electrons. The van der Waals surface area contributed by atoms with E-state index < -0.39 is 5.60 Å². The van der Waals surface area contributed by atoms with E-state index in [0.29, 0.717) is 36.1 Å². The molecule has 0 spiro atoms. The van der Waals surface area contributed by atoms with Crippen molar-refractivity contribution < 1.29 is 10.2 Å². The van der Waals surface area contributed by atoms with Crippen LogP contribution in [-0.2, 0) is 0 Å². The van der Waals surface area contributed by atoms with Crippen molar-refractivity contribution >= 4 is 35.6 Å². The molecule has 0 aliphatic heterocycles. The second-order valence-electron chi connectivity index (χ2n) is 11.0. The van der Waals surface area contributed by atoms with E-state index in [1.54, 1.807) is 0 Å². The smallest absolute Gasteiger partial charge is 0.131 e. The van der Waals surface area contributed by atoms with Crippen molar-refractivity contribution in [3.05, 3.63) is 11.6 Å². The van der Waals surface area contributed by atoms with Crippen LogP contribution in [0, 0.1) is 40.4 Å². The number of nitrogens with zero attached hydrogens (tertiary/aromatic N) is 1. The third kappa shape index (κ3) is 4.50. The maximum atomic E-state index is 11.7. The van der Waals surface area contributed by atoms with Gasteiger partial charge in [0.25, 0.3) is 0 Å². The first-order chi connectivity index (χ1) is 14.8. The second kappa shape index (κ2) is 10.3. The van der Waals surface area contributed by atoms with E-state index >= 15 is 0 Å². The van der Waals surface area contributed by atoms with Gasteiger partial charge in [0.2, 0.25) is 0 Å². The molecule has 0 unspecified atom stereocenters. The van der Waals surface area contributed by atoms with Gasteiger partial charge in [-0.15, -0.1) is 35.6 Å². The largest absolute Gasteiger partial charge is 0.393 e. The van der Waals surface area contributed by atoms with Crippen LogP contribution in [0.4, 0.5) is 0 Å². The third-order valence-electron chi connectivity index (χ3n) is 9.63. The molecule has 182 valence electrons. The molecule has 4 rings (SSSR count). The summed E-state index contributed by atoms with van der Waals surface area (Å²) in [4.78, 5) is 2.16. The van der Waals surface area contributed by atoms with E-state index in [1.807, 2.05) is 0 Å². The number of aliphatic hydroxyl groups excluding tert-OH is 1. The maximum Gasteiger partial charge on any atom is 0.131 e. The highest BCUT2D eigenvalue weighted by Gasteiger charge is 2.63. The fourth-order valence-corrected chi connectivity index (χ4v) is 8.15. The van der Waals surface area contributed by atoms with E-state index in [2.05, 4.69) is 36.7 Å². The fourth-order valence-electron chi connectivity index (χ4n) is 7.67. The average Bonchev–Trinajstić information content (AvgIpc) is 3.00. The van der Waals surface area contributed by atoms with Crippen LogP contribution >= 0.6 is 35.6 Å². The minimum atomic E-state index is -0.899. The number of alkyl halides is 2. The summed E-state index contributed by atoms with van der Waals surface area (Å²) in [5.41, 5.74) is 0.701. The van der Waals surface area contributed by atoms with Crippen LogP contribution in [0.5, 0.6) is 0 Å². The van der Waals surface area contributed by atoms with E-state index in [4.69, 9.17) is 23.2 Å². The lowest BCUT2D eigenvalue weighted by atomic mass is 9.47. The molecule has 3 fully saturated rings. The van der Waals surface area contributed by atoms with Crippen molar-refractivity contribution in [1.82, 2.24) is 4.90 Å². The molecule has 32 heavy (non-hydrogen) atoms. The zero-order valence-corrected chi connectivity index (χ0v) is 21.9. The Hall–Kier alpha value is 0.0500. The molecular formula is C26H40Cl3NO2. The number of rotatable bonds is 5. The molecule has 3 saturated carbocycles. The van der Waals surface area contributed by atoms with Crippen molar-refractivity contribution in [2.24, 2.45) is 28.6 Å². The number of hydrogen-bond acceptors (Lipinski definition) is 3. The van der Waals surface area contributed by atoms with Gasteiger partial charge in [-0.3, -0.25) is 4.90 Å². The molecular weight excluding hydrogens is 465 g/mol. The van der Waals surface area contributed by atoms with Crippen molar-refractivity contribution in [1.29, 1.82) is 0 Å².